The molecule has 1 heterocycles. The summed E-state index contributed by atoms with van der Waals surface area (Å²) in [6.07, 6.45) is 0. The number of aryl methyl sites for hydroxylation is 1. The number of nitrogens with one attached hydrogen (secondary N) is 1. The molecule has 2 N–H and O–H groups in total. The van der Waals surface area contributed by atoms with Crippen molar-refractivity contribution in [3.63, 3.8) is 0 Å². The Morgan fingerprint density at radius 2 is 1.94 bits per heavy atom. The molecule has 0 unspecified atom stereocenters. The fraction of sp³-hybridized carbons (Fsp3) is 0.214. The zero-order chi connectivity index (χ0) is 13.0. The molecule has 0 saturated carbocycles. The molecule has 2 aromatic rings. The summed E-state index contributed by atoms with van der Waals surface area (Å²) in [5, 5.41) is 13.6. The Balaban J connectivity index is 1.96. The van der Waals surface area contributed by atoms with E-state index < -0.39 is 0 Å². The number of hydrogen-bond acceptors (Lipinski definition) is 3. The van der Waals surface area contributed by atoms with Crippen molar-refractivity contribution in [2.45, 2.75) is 20.0 Å². The Morgan fingerprint density at radius 1 is 1.17 bits per heavy atom. The van der Waals surface area contributed by atoms with Crippen LogP contribution in [0.3, 0.4) is 0 Å². The van der Waals surface area contributed by atoms with E-state index in [1.165, 1.54) is 0 Å². The molecule has 0 aliphatic carbocycles. The van der Waals surface area contributed by atoms with Crippen molar-refractivity contribution in [3.8, 4) is 5.75 Å². The number of nitrogens with zero attached hydrogens (tertiary/aromatic N) is 1. The second-order valence-electron chi connectivity index (χ2n) is 4.11. The number of benzene rings is 1. The molecule has 0 amide bonds. The summed E-state index contributed by atoms with van der Waals surface area (Å²) in [4.78, 5) is 4.28. The van der Waals surface area contributed by atoms with Gasteiger partial charge in [0.1, 0.15) is 5.75 Å². The molecule has 1 aromatic heterocycles. The summed E-state index contributed by atoms with van der Waals surface area (Å²) in [5.74, 6) is 0.215. The van der Waals surface area contributed by atoms with Gasteiger partial charge in [-0.05, 0) is 30.7 Å². The molecule has 0 aliphatic rings. The van der Waals surface area contributed by atoms with E-state index in [2.05, 4.69) is 10.3 Å². The van der Waals surface area contributed by atoms with Gasteiger partial charge in [-0.1, -0.05) is 29.8 Å². The standard InChI is InChI=1S/C14H15ClN2O/c1-10-6-7-14(18)13(17-10)9-16-8-11-4-2-3-5-12(11)15/h2-7,16,18H,8-9H2,1H3. The first-order chi connectivity index (χ1) is 8.66. The normalized spacial score (nSPS) is 10.6. The molecule has 18 heavy (non-hydrogen) atoms. The molecule has 3 nitrogen and oxygen atoms in total. The van der Waals surface area contributed by atoms with Crippen LogP contribution < -0.4 is 5.32 Å². The SMILES string of the molecule is Cc1ccc(O)c(CNCc2ccccc2Cl)n1. The van der Waals surface area contributed by atoms with Crippen LogP contribution in [0.25, 0.3) is 0 Å². The molecule has 94 valence electrons. The van der Waals surface area contributed by atoms with E-state index in [1.54, 1.807) is 12.1 Å². The molecule has 2 rings (SSSR count). The van der Waals surface area contributed by atoms with E-state index in [0.29, 0.717) is 18.8 Å². The maximum atomic E-state index is 9.66. The van der Waals surface area contributed by atoms with E-state index in [9.17, 15) is 5.11 Å². The molecule has 0 saturated heterocycles. The van der Waals surface area contributed by atoms with Crippen LogP contribution in [0.1, 0.15) is 17.0 Å². The minimum Gasteiger partial charge on any atom is -0.506 e. The highest BCUT2D eigenvalue weighted by atomic mass is 35.5. The molecule has 0 radical (unpaired) electrons. The summed E-state index contributed by atoms with van der Waals surface area (Å²) in [6.45, 7) is 3.06. The molecule has 0 bridgehead atoms. The molecule has 0 spiro atoms. The Labute approximate surface area is 111 Å². The van der Waals surface area contributed by atoms with Gasteiger partial charge in [0, 0.05) is 23.8 Å². The molecule has 0 atom stereocenters. The number of pyridine rings is 1. The average Bonchev–Trinajstić information content (AvgIpc) is 2.36. The number of aromatic nitrogens is 1. The van der Waals surface area contributed by atoms with Gasteiger partial charge in [0.15, 0.2) is 0 Å². The predicted molar refractivity (Wildman–Crippen MR) is 72.6 cm³/mol. The topological polar surface area (TPSA) is 45.1 Å². The van der Waals surface area contributed by atoms with Crippen LogP contribution in [0.4, 0.5) is 0 Å². The van der Waals surface area contributed by atoms with Crippen molar-refractivity contribution in [2.24, 2.45) is 0 Å². The van der Waals surface area contributed by atoms with Gasteiger partial charge in [-0.25, -0.2) is 0 Å². The van der Waals surface area contributed by atoms with E-state index in [4.69, 9.17) is 11.6 Å². The van der Waals surface area contributed by atoms with Crippen molar-refractivity contribution in [1.29, 1.82) is 0 Å². The Kier molecular flexibility index (Phi) is 4.18. The minimum absolute atomic E-state index is 0.215. The average molecular weight is 263 g/mol. The Morgan fingerprint density at radius 3 is 2.72 bits per heavy atom. The molecule has 0 aliphatic heterocycles. The summed E-state index contributed by atoms with van der Waals surface area (Å²) in [7, 11) is 0. The molecular weight excluding hydrogens is 248 g/mol. The summed E-state index contributed by atoms with van der Waals surface area (Å²) >= 11 is 6.06. The largest absolute Gasteiger partial charge is 0.506 e. The quantitative estimate of drug-likeness (QED) is 0.890. The third-order valence-corrected chi connectivity index (χ3v) is 3.02. The number of halogens is 1. The maximum Gasteiger partial charge on any atom is 0.138 e. The highest BCUT2D eigenvalue weighted by molar-refractivity contribution is 6.31. The van der Waals surface area contributed by atoms with Crippen molar-refractivity contribution in [2.75, 3.05) is 0 Å². The van der Waals surface area contributed by atoms with Gasteiger partial charge >= 0.3 is 0 Å². The molecule has 0 fully saturated rings. The summed E-state index contributed by atoms with van der Waals surface area (Å²) in [5.41, 5.74) is 2.58. The maximum absolute atomic E-state index is 9.66. The van der Waals surface area contributed by atoms with Crippen LogP contribution in [0, 0.1) is 6.92 Å². The Hall–Kier alpha value is -1.58. The highest BCUT2D eigenvalue weighted by Crippen LogP contribution is 2.16. The first-order valence-corrected chi connectivity index (χ1v) is 6.14. The highest BCUT2D eigenvalue weighted by Gasteiger charge is 2.03. The van der Waals surface area contributed by atoms with Gasteiger partial charge in [-0.2, -0.15) is 0 Å². The van der Waals surface area contributed by atoms with Crippen LogP contribution in [0.2, 0.25) is 5.02 Å². The fourth-order valence-electron chi connectivity index (χ4n) is 1.69. The lowest BCUT2D eigenvalue weighted by Gasteiger charge is -2.08. The number of hydrogen-bond donors (Lipinski definition) is 2. The number of rotatable bonds is 4. The van der Waals surface area contributed by atoms with Crippen molar-refractivity contribution in [3.05, 3.63) is 58.4 Å². The minimum atomic E-state index is 0.215. The third kappa shape index (κ3) is 3.22. The first kappa shape index (κ1) is 12.9. The van der Waals surface area contributed by atoms with E-state index in [1.807, 2.05) is 31.2 Å². The van der Waals surface area contributed by atoms with Gasteiger partial charge in [-0.3, -0.25) is 4.98 Å². The summed E-state index contributed by atoms with van der Waals surface area (Å²) in [6, 6.07) is 11.1. The van der Waals surface area contributed by atoms with Crippen molar-refractivity contribution >= 4 is 11.6 Å². The van der Waals surface area contributed by atoms with E-state index in [-0.39, 0.29) is 5.75 Å². The van der Waals surface area contributed by atoms with Crippen molar-refractivity contribution in [1.82, 2.24) is 10.3 Å². The van der Waals surface area contributed by atoms with Crippen LogP contribution in [-0.2, 0) is 13.1 Å². The van der Waals surface area contributed by atoms with Gasteiger partial charge in [0.2, 0.25) is 0 Å². The van der Waals surface area contributed by atoms with Crippen LogP contribution in [0.15, 0.2) is 36.4 Å². The Bertz CT molecular complexity index is 543. The second kappa shape index (κ2) is 5.85. The molecule has 4 heteroatoms. The lowest BCUT2D eigenvalue weighted by Crippen LogP contribution is -2.14. The van der Waals surface area contributed by atoms with Crippen LogP contribution >= 0.6 is 11.6 Å². The zero-order valence-electron chi connectivity index (χ0n) is 10.2. The molecule has 1 aromatic carbocycles. The zero-order valence-corrected chi connectivity index (χ0v) is 10.9. The van der Waals surface area contributed by atoms with Crippen LogP contribution in [-0.4, -0.2) is 10.1 Å². The van der Waals surface area contributed by atoms with Gasteiger partial charge in [0.25, 0.3) is 0 Å². The monoisotopic (exact) mass is 262 g/mol. The van der Waals surface area contributed by atoms with Crippen molar-refractivity contribution < 1.29 is 5.11 Å². The number of aromatic hydroxyl groups is 1. The van der Waals surface area contributed by atoms with Gasteiger partial charge < -0.3 is 10.4 Å². The van der Waals surface area contributed by atoms with Gasteiger partial charge in [0.05, 0.1) is 5.69 Å². The van der Waals surface area contributed by atoms with Gasteiger partial charge in [-0.15, -0.1) is 0 Å². The molecular formula is C14H15ClN2O. The van der Waals surface area contributed by atoms with E-state index >= 15 is 0 Å². The fourth-order valence-corrected chi connectivity index (χ4v) is 1.89. The predicted octanol–water partition coefficient (Wildman–Crippen LogP) is 3.04. The van der Waals surface area contributed by atoms with Crippen LogP contribution in [0.5, 0.6) is 5.75 Å². The summed E-state index contributed by atoms with van der Waals surface area (Å²) < 4.78 is 0. The lowest BCUT2D eigenvalue weighted by molar-refractivity contribution is 0.459. The van der Waals surface area contributed by atoms with E-state index in [0.717, 1.165) is 16.3 Å². The first-order valence-electron chi connectivity index (χ1n) is 5.76. The second-order valence-corrected chi connectivity index (χ2v) is 4.52. The smallest absolute Gasteiger partial charge is 0.138 e. The third-order valence-electron chi connectivity index (χ3n) is 2.66. The lowest BCUT2D eigenvalue weighted by atomic mass is 10.2.